The van der Waals surface area contributed by atoms with E-state index >= 15 is 0 Å². The third kappa shape index (κ3) is 1.79. The Hall–Kier alpha value is 0.190. The summed E-state index contributed by atoms with van der Waals surface area (Å²) in [5.41, 5.74) is 1.36. The van der Waals surface area contributed by atoms with Gasteiger partial charge < -0.3 is 4.74 Å². The smallest absolute Gasteiger partial charge is 0.174 e. The predicted octanol–water partition coefficient (Wildman–Crippen LogP) is 4.41. The molecule has 1 aromatic heterocycles. The fourth-order valence-electron chi connectivity index (χ4n) is 1.34. The Morgan fingerprint density at radius 2 is 2.29 bits per heavy atom. The summed E-state index contributed by atoms with van der Waals surface area (Å²) in [5, 5.41) is 3.14. The first kappa shape index (κ1) is 10.7. The van der Waals surface area contributed by atoms with Crippen molar-refractivity contribution in [2.75, 3.05) is 7.11 Å². The summed E-state index contributed by atoms with van der Waals surface area (Å²) < 4.78 is 7.87. The molecule has 1 nitrogen and oxygen atoms in total. The monoisotopic (exact) mass is 382 g/mol. The zero-order chi connectivity index (χ0) is 10.1. The molecule has 1 aromatic carbocycles. The van der Waals surface area contributed by atoms with E-state index in [0.29, 0.717) is 0 Å². The lowest BCUT2D eigenvalue weighted by Crippen LogP contribution is -1.82. The molecule has 0 N–H and O–H groups in total. The molecule has 2 aromatic rings. The van der Waals surface area contributed by atoms with Crippen LogP contribution in [0.25, 0.3) is 10.1 Å². The largest absolute Gasteiger partial charge is 0.487 e. The number of methoxy groups -OCH3 is 1. The van der Waals surface area contributed by atoms with Crippen molar-refractivity contribution in [2.24, 2.45) is 0 Å². The van der Waals surface area contributed by atoms with Crippen LogP contribution in [-0.2, 0) is 5.33 Å². The zero-order valence-electron chi connectivity index (χ0n) is 7.51. The highest BCUT2D eigenvalue weighted by Crippen LogP contribution is 2.36. The Bertz CT molecular complexity index is 466. The molecule has 14 heavy (non-hydrogen) atoms. The summed E-state index contributed by atoms with van der Waals surface area (Å²) in [6.45, 7) is 0. The van der Waals surface area contributed by atoms with Crippen LogP contribution in [0.1, 0.15) is 5.56 Å². The van der Waals surface area contributed by atoms with Crippen LogP contribution in [0, 0.1) is 3.57 Å². The van der Waals surface area contributed by atoms with E-state index in [4.69, 9.17) is 4.74 Å². The number of benzene rings is 1. The van der Waals surface area contributed by atoms with Crippen LogP contribution in [-0.4, -0.2) is 7.11 Å². The van der Waals surface area contributed by atoms with Crippen molar-refractivity contribution in [3.05, 3.63) is 27.3 Å². The SMILES string of the molecule is COc1cc2ccc(I)c(CBr)c2s1. The van der Waals surface area contributed by atoms with E-state index in [1.807, 2.05) is 0 Å². The lowest BCUT2D eigenvalue weighted by molar-refractivity contribution is 0.427. The molecule has 0 bridgehead atoms. The Morgan fingerprint density at radius 1 is 1.50 bits per heavy atom. The minimum Gasteiger partial charge on any atom is -0.487 e. The van der Waals surface area contributed by atoms with E-state index in [9.17, 15) is 0 Å². The van der Waals surface area contributed by atoms with E-state index in [1.54, 1.807) is 18.4 Å². The van der Waals surface area contributed by atoms with Gasteiger partial charge in [-0.25, -0.2) is 0 Å². The van der Waals surface area contributed by atoms with E-state index in [-0.39, 0.29) is 0 Å². The molecule has 74 valence electrons. The number of halogens is 2. The van der Waals surface area contributed by atoms with Crippen molar-refractivity contribution in [1.29, 1.82) is 0 Å². The van der Waals surface area contributed by atoms with Gasteiger partial charge in [0.15, 0.2) is 5.06 Å². The lowest BCUT2D eigenvalue weighted by atomic mass is 10.2. The number of hydrogen-bond donors (Lipinski definition) is 0. The minimum atomic E-state index is 0.895. The Morgan fingerprint density at radius 3 is 2.93 bits per heavy atom. The third-order valence-electron chi connectivity index (χ3n) is 2.04. The number of fused-ring (bicyclic) bond motifs is 1. The van der Waals surface area contributed by atoms with E-state index in [0.717, 1.165) is 10.4 Å². The maximum atomic E-state index is 5.24. The summed E-state index contributed by atoms with van der Waals surface area (Å²) in [6, 6.07) is 6.37. The van der Waals surface area contributed by atoms with Crippen molar-refractivity contribution in [1.82, 2.24) is 0 Å². The molecule has 0 saturated carbocycles. The van der Waals surface area contributed by atoms with E-state index in [2.05, 4.69) is 56.7 Å². The minimum absolute atomic E-state index is 0.895. The molecule has 2 rings (SSSR count). The number of alkyl halides is 1. The Labute approximate surface area is 109 Å². The molecule has 0 saturated heterocycles. The average molecular weight is 383 g/mol. The predicted molar refractivity (Wildman–Crippen MR) is 73.7 cm³/mol. The van der Waals surface area contributed by atoms with Gasteiger partial charge >= 0.3 is 0 Å². The third-order valence-corrected chi connectivity index (χ3v) is 4.79. The summed E-state index contributed by atoms with van der Waals surface area (Å²) in [5.74, 6) is 0. The molecule has 0 aliphatic carbocycles. The van der Waals surface area contributed by atoms with Crippen molar-refractivity contribution in [3.8, 4) is 5.06 Å². The van der Waals surface area contributed by atoms with Crippen LogP contribution >= 0.6 is 49.9 Å². The molecule has 0 fully saturated rings. The van der Waals surface area contributed by atoms with Gasteiger partial charge in [-0.3, -0.25) is 0 Å². The van der Waals surface area contributed by atoms with Crippen LogP contribution < -0.4 is 4.74 Å². The second kappa shape index (κ2) is 4.37. The number of rotatable bonds is 2. The number of ether oxygens (including phenoxy) is 1. The van der Waals surface area contributed by atoms with Crippen molar-refractivity contribution in [2.45, 2.75) is 5.33 Å². The molecule has 4 heteroatoms. The Balaban J connectivity index is 2.73. The van der Waals surface area contributed by atoms with Gasteiger partial charge in [-0.15, -0.1) is 0 Å². The molecule has 0 atom stereocenters. The standard InChI is InChI=1S/C10H8BrIOS/c1-13-9-4-6-2-3-8(12)7(5-11)10(6)14-9/h2-4H,5H2,1H3. The van der Waals surface area contributed by atoms with Crippen LogP contribution in [0.4, 0.5) is 0 Å². The van der Waals surface area contributed by atoms with Gasteiger partial charge in [-0.05, 0) is 45.7 Å². The quantitative estimate of drug-likeness (QED) is 0.552. The van der Waals surface area contributed by atoms with Crippen LogP contribution in [0.2, 0.25) is 0 Å². The zero-order valence-corrected chi connectivity index (χ0v) is 12.1. The molecular formula is C10H8BrIOS. The summed E-state index contributed by atoms with van der Waals surface area (Å²) in [6.07, 6.45) is 0. The number of thiophene rings is 1. The first-order valence-electron chi connectivity index (χ1n) is 4.07. The summed E-state index contributed by atoms with van der Waals surface area (Å²) in [7, 11) is 1.71. The van der Waals surface area contributed by atoms with Crippen LogP contribution in [0.15, 0.2) is 18.2 Å². The number of hydrogen-bond acceptors (Lipinski definition) is 2. The molecule has 0 aliphatic rings. The maximum Gasteiger partial charge on any atom is 0.174 e. The molecule has 0 aliphatic heterocycles. The van der Waals surface area contributed by atoms with E-state index < -0.39 is 0 Å². The van der Waals surface area contributed by atoms with Gasteiger partial charge in [0, 0.05) is 13.6 Å². The van der Waals surface area contributed by atoms with Crippen molar-refractivity contribution < 1.29 is 4.74 Å². The molecule has 1 heterocycles. The van der Waals surface area contributed by atoms with Gasteiger partial charge in [0.05, 0.1) is 7.11 Å². The van der Waals surface area contributed by atoms with Gasteiger partial charge in [0.1, 0.15) is 0 Å². The summed E-state index contributed by atoms with van der Waals surface area (Å²) >= 11 is 7.59. The second-order valence-corrected chi connectivity index (χ2v) is 5.59. The van der Waals surface area contributed by atoms with Gasteiger partial charge in [0.25, 0.3) is 0 Å². The van der Waals surface area contributed by atoms with Crippen molar-refractivity contribution in [3.63, 3.8) is 0 Å². The highest BCUT2D eigenvalue weighted by molar-refractivity contribution is 14.1. The lowest BCUT2D eigenvalue weighted by Gasteiger charge is -2.00. The van der Waals surface area contributed by atoms with Gasteiger partial charge in [-0.1, -0.05) is 33.3 Å². The fraction of sp³-hybridized carbons (Fsp3) is 0.200. The maximum absolute atomic E-state index is 5.24. The van der Waals surface area contributed by atoms with Gasteiger partial charge in [-0.2, -0.15) is 0 Å². The van der Waals surface area contributed by atoms with E-state index in [1.165, 1.54) is 19.2 Å². The molecule has 0 amide bonds. The van der Waals surface area contributed by atoms with Crippen LogP contribution in [0.3, 0.4) is 0 Å². The molecule has 0 radical (unpaired) electrons. The molecule has 0 spiro atoms. The fourth-order valence-corrected chi connectivity index (χ4v) is 4.47. The van der Waals surface area contributed by atoms with Crippen LogP contribution in [0.5, 0.6) is 5.06 Å². The van der Waals surface area contributed by atoms with Gasteiger partial charge in [0.2, 0.25) is 0 Å². The highest BCUT2D eigenvalue weighted by Gasteiger charge is 2.08. The molecule has 0 unspecified atom stereocenters. The first-order valence-corrected chi connectivity index (χ1v) is 7.09. The average Bonchev–Trinajstić information content (AvgIpc) is 2.60. The first-order chi connectivity index (χ1) is 6.76. The Kier molecular flexibility index (Phi) is 3.34. The normalized spacial score (nSPS) is 10.8. The highest BCUT2D eigenvalue weighted by atomic mass is 127. The topological polar surface area (TPSA) is 9.23 Å². The summed E-state index contributed by atoms with van der Waals surface area (Å²) in [4.78, 5) is 0. The van der Waals surface area contributed by atoms with Crippen molar-refractivity contribution >= 4 is 59.9 Å². The molecular weight excluding hydrogens is 375 g/mol. The second-order valence-electron chi connectivity index (χ2n) is 2.85.